The van der Waals surface area contributed by atoms with Gasteiger partial charge in [-0.2, -0.15) is 0 Å². The second-order valence-electron chi connectivity index (χ2n) is 2.67. The van der Waals surface area contributed by atoms with Gasteiger partial charge in [-0.05, 0) is 19.9 Å². The minimum Gasteiger partial charge on any atom is -0.490 e. The van der Waals surface area contributed by atoms with Crippen molar-refractivity contribution in [1.82, 2.24) is 0 Å². The monoisotopic (exact) mass is 195 g/mol. The summed E-state index contributed by atoms with van der Waals surface area (Å²) in [5.41, 5.74) is 0.637. The lowest BCUT2D eigenvalue weighted by atomic mass is 10.2. The van der Waals surface area contributed by atoms with Crippen molar-refractivity contribution in [3.05, 3.63) is 30.4 Å². The fourth-order valence-corrected chi connectivity index (χ4v) is 1.20. The Morgan fingerprint density at radius 3 is 2.50 bits per heavy atom. The van der Waals surface area contributed by atoms with E-state index >= 15 is 0 Å². The molecule has 0 bridgehead atoms. The van der Waals surface area contributed by atoms with Crippen molar-refractivity contribution in [1.29, 1.82) is 0 Å². The molecule has 1 aromatic carbocycles. The van der Waals surface area contributed by atoms with E-state index in [1.807, 2.05) is 26.0 Å². The summed E-state index contributed by atoms with van der Waals surface area (Å²) in [6, 6.07) is 5.41. The molecule has 1 radical (unpaired) electrons. The molecule has 0 unspecified atom stereocenters. The lowest BCUT2D eigenvalue weighted by Crippen LogP contribution is -2.00. The molecule has 0 saturated heterocycles. The quantitative estimate of drug-likeness (QED) is 0.783. The zero-order valence-corrected chi connectivity index (χ0v) is 8.49. The molecule has 0 fully saturated rings. The molecule has 3 nitrogen and oxygen atoms in total. The molecular weight excluding hydrogens is 180 g/mol. The molecule has 0 saturated carbocycles. The van der Waals surface area contributed by atoms with E-state index in [0.717, 1.165) is 6.61 Å². The largest absolute Gasteiger partial charge is 0.490 e. The van der Waals surface area contributed by atoms with Gasteiger partial charge in [-0.3, -0.25) is 0 Å². The smallest absolute Gasteiger partial charge is 0.167 e. The topological polar surface area (TPSA) is 38.7 Å². The van der Waals surface area contributed by atoms with E-state index in [0.29, 0.717) is 30.3 Å². The Hall–Kier alpha value is -1.22. The van der Waals surface area contributed by atoms with E-state index in [-0.39, 0.29) is 0 Å². The second kappa shape index (κ2) is 5.50. The lowest BCUT2D eigenvalue weighted by molar-refractivity contribution is 0.283. The Labute approximate surface area is 84.3 Å². The van der Waals surface area contributed by atoms with Crippen LogP contribution >= 0.6 is 0 Å². The van der Waals surface area contributed by atoms with Crippen LogP contribution in [0, 0.1) is 6.61 Å². The zero-order valence-electron chi connectivity index (χ0n) is 8.49. The summed E-state index contributed by atoms with van der Waals surface area (Å²) in [5.74, 6) is 1.26. The highest BCUT2D eigenvalue weighted by molar-refractivity contribution is 5.48. The molecule has 1 N–H and O–H groups in total. The Morgan fingerprint density at radius 1 is 1.21 bits per heavy atom. The van der Waals surface area contributed by atoms with Gasteiger partial charge in [0.1, 0.15) is 6.61 Å². The molecule has 1 aromatic rings. The van der Waals surface area contributed by atoms with Crippen molar-refractivity contribution in [2.75, 3.05) is 13.2 Å². The van der Waals surface area contributed by atoms with Crippen molar-refractivity contribution in [2.45, 2.75) is 13.8 Å². The first-order valence-electron chi connectivity index (χ1n) is 4.69. The van der Waals surface area contributed by atoms with Crippen LogP contribution in [-0.2, 0) is 0 Å². The Morgan fingerprint density at radius 2 is 1.93 bits per heavy atom. The third-order valence-corrected chi connectivity index (χ3v) is 1.74. The maximum atomic E-state index is 8.98. The van der Waals surface area contributed by atoms with Gasteiger partial charge < -0.3 is 14.6 Å². The van der Waals surface area contributed by atoms with Crippen LogP contribution in [0.15, 0.2) is 18.2 Å². The van der Waals surface area contributed by atoms with E-state index in [1.165, 1.54) is 0 Å². The highest BCUT2D eigenvalue weighted by atomic mass is 16.5. The van der Waals surface area contributed by atoms with Crippen LogP contribution in [0.4, 0.5) is 0 Å². The van der Waals surface area contributed by atoms with Gasteiger partial charge in [-0.1, -0.05) is 12.1 Å². The van der Waals surface area contributed by atoms with Crippen LogP contribution in [-0.4, -0.2) is 18.3 Å². The summed E-state index contributed by atoms with van der Waals surface area (Å²) in [5, 5.41) is 8.98. The molecule has 1 rings (SSSR count). The van der Waals surface area contributed by atoms with Gasteiger partial charge in [-0.25, -0.2) is 0 Å². The predicted octanol–water partition coefficient (Wildman–Crippen LogP) is 2.37. The first kappa shape index (κ1) is 10.9. The number of hydrogen-bond acceptors (Lipinski definition) is 3. The first-order valence-corrected chi connectivity index (χ1v) is 4.69. The van der Waals surface area contributed by atoms with Crippen molar-refractivity contribution in [3.63, 3.8) is 0 Å². The highest BCUT2D eigenvalue weighted by Crippen LogP contribution is 2.31. The molecule has 0 aliphatic rings. The third-order valence-electron chi connectivity index (χ3n) is 1.74. The summed E-state index contributed by atoms with van der Waals surface area (Å²) < 4.78 is 10.8. The molecule has 0 atom stereocenters. The molecular formula is C11H15O3. The van der Waals surface area contributed by atoms with E-state index in [2.05, 4.69) is 0 Å². The van der Waals surface area contributed by atoms with Crippen LogP contribution in [0.25, 0.3) is 0 Å². The van der Waals surface area contributed by atoms with Crippen LogP contribution < -0.4 is 9.47 Å². The predicted molar refractivity (Wildman–Crippen MR) is 54.1 cm³/mol. The second-order valence-corrected chi connectivity index (χ2v) is 2.67. The normalized spacial score (nSPS) is 9.93. The fraction of sp³-hybridized carbons (Fsp3) is 0.364. The maximum absolute atomic E-state index is 8.98. The SMILES string of the molecule is CCOc1cccc([CH]O)c1OCC. The number of aliphatic hydroxyl groups is 1. The molecule has 77 valence electrons. The number of aliphatic hydroxyl groups excluding tert-OH is 1. The van der Waals surface area contributed by atoms with E-state index in [4.69, 9.17) is 14.6 Å². The number of rotatable bonds is 5. The van der Waals surface area contributed by atoms with Gasteiger partial charge in [0.2, 0.25) is 0 Å². The number of benzene rings is 1. The van der Waals surface area contributed by atoms with Gasteiger partial charge in [0, 0.05) is 5.56 Å². The number of para-hydroxylation sites is 1. The van der Waals surface area contributed by atoms with Gasteiger partial charge in [-0.15, -0.1) is 0 Å². The Kier molecular flexibility index (Phi) is 4.26. The van der Waals surface area contributed by atoms with Crippen molar-refractivity contribution >= 4 is 0 Å². The molecule has 14 heavy (non-hydrogen) atoms. The molecule has 0 aliphatic carbocycles. The van der Waals surface area contributed by atoms with Crippen LogP contribution in [0.5, 0.6) is 11.5 Å². The average molecular weight is 195 g/mol. The van der Waals surface area contributed by atoms with Gasteiger partial charge in [0.15, 0.2) is 11.5 Å². The van der Waals surface area contributed by atoms with Gasteiger partial charge in [0.05, 0.1) is 13.2 Å². The van der Waals surface area contributed by atoms with Crippen molar-refractivity contribution < 1.29 is 14.6 Å². The maximum Gasteiger partial charge on any atom is 0.167 e. The van der Waals surface area contributed by atoms with Crippen LogP contribution in [0.1, 0.15) is 19.4 Å². The summed E-state index contributed by atoms with van der Waals surface area (Å²) in [4.78, 5) is 0. The van der Waals surface area contributed by atoms with Crippen LogP contribution in [0.2, 0.25) is 0 Å². The fourth-order valence-electron chi connectivity index (χ4n) is 1.20. The summed E-state index contributed by atoms with van der Waals surface area (Å²) in [6.07, 6.45) is 0. The van der Waals surface area contributed by atoms with E-state index in [1.54, 1.807) is 6.07 Å². The van der Waals surface area contributed by atoms with E-state index in [9.17, 15) is 0 Å². The first-order chi connectivity index (χ1) is 6.83. The van der Waals surface area contributed by atoms with Gasteiger partial charge in [0.25, 0.3) is 0 Å². The third kappa shape index (κ3) is 2.39. The standard InChI is InChI=1S/C11H15O3/c1-3-13-10-7-5-6-9(8-12)11(10)14-4-2/h5-8,12H,3-4H2,1-2H3. The molecule has 0 amide bonds. The molecule has 0 spiro atoms. The van der Waals surface area contributed by atoms with Crippen LogP contribution in [0.3, 0.4) is 0 Å². The highest BCUT2D eigenvalue weighted by Gasteiger charge is 2.09. The molecule has 3 heteroatoms. The molecule has 0 aliphatic heterocycles. The molecule has 0 aromatic heterocycles. The lowest BCUT2D eigenvalue weighted by Gasteiger charge is -2.13. The zero-order chi connectivity index (χ0) is 10.4. The summed E-state index contributed by atoms with van der Waals surface area (Å²) in [6.45, 7) is 5.95. The number of ether oxygens (including phenoxy) is 2. The van der Waals surface area contributed by atoms with Gasteiger partial charge >= 0.3 is 0 Å². The summed E-state index contributed by atoms with van der Waals surface area (Å²) in [7, 11) is 0. The Bertz CT molecular complexity index is 284. The van der Waals surface area contributed by atoms with E-state index < -0.39 is 0 Å². The summed E-state index contributed by atoms with van der Waals surface area (Å²) >= 11 is 0. The van der Waals surface area contributed by atoms with Crippen molar-refractivity contribution in [3.8, 4) is 11.5 Å². The average Bonchev–Trinajstić information content (AvgIpc) is 2.21. The number of hydrogen-bond donors (Lipinski definition) is 1. The van der Waals surface area contributed by atoms with Crippen molar-refractivity contribution in [2.24, 2.45) is 0 Å². The Balaban J connectivity index is 3.00. The molecule has 0 heterocycles. The minimum atomic E-state index is 0.547. The minimum absolute atomic E-state index is 0.547.